The molecule has 2 heterocycles. The summed E-state index contributed by atoms with van der Waals surface area (Å²) >= 11 is 0. The van der Waals surface area contributed by atoms with E-state index in [9.17, 15) is 14.4 Å². The second-order valence-electron chi connectivity index (χ2n) is 7.28. The van der Waals surface area contributed by atoms with Gasteiger partial charge in [0.05, 0.1) is 11.6 Å². The molecular weight excluding hydrogens is 344 g/mol. The van der Waals surface area contributed by atoms with Crippen LogP contribution in [0, 0.1) is 11.3 Å². The Morgan fingerprint density at radius 1 is 1.37 bits per heavy atom. The maximum Gasteiger partial charge on any atom is 0.325 e. The molecule has 0 aliphatic carbocycles. The third-order valence-electron chi connectivity index (χ3n) is 5.56. The molecule has 0 radical (unpaired) electrons. The van der Waals surface area contributed by atoms with Crippen LogP contribution in [-0.2, 0) is 15.1 Å². The SMILES string of the molecule is CC[C@@H]1CCCCN1C(=O)CN1C(=O)N[C@](C)(c2cccc(C#N)c2)C1=O. The van der Waals surface area contributed by atoms with Crippen molar-refractivity contribution in [1.82, 2.24) is 15.1 Å². The molecule has 7 heteroatoms. The van der Waals surface area contributed by atoms with Crippen molar-refractivity contribution in [3.8, 4) is 6.07 Å². The van der Waals surface area contributed by atoms with E-state index in [4.69, 9.17) is 5.26 Å². The molecule has 2 aliphatic heterocycles. The molecule has 0 aromatic heterocycles. The van der Waals surface area contributed by atoms with Crippen LogP contribution in [0.1, 0.15) is 50.7 Å². The number of benzene rings is 1. The van der Waals surface area contributed by atoms with Crippen molar-refractivity contribution in [2.24, 2.45) is 0 Å². The first-order valence-corrected chi connectivity index (χ1v) is 9.35. The van der Waals surface area contributed by atoms with Gasteiger partial charge in [0.15, 0.2) is 0 Å². The molecule has 0 bridgehead atoms. The number of imide groups is 1. The molecule has 2 atom stereocenters. The lowest BCUT2D eigenvalue weighted by atomic mass is 9.91. The Kier molecular flexibility index (Phi) is 5.17. The van der Waals surface area contributed by atoms with E-state index in [2.05, 4.69) is 5.32 Å². The highest BCUT2D eigenvalue weighted by Gasteiger charge is 2.50. The number of hydrogen-bond acceptors (Lipinski definition) is 4. The normalized spacial score (nSPS) is 25.3. The van der Waals surface area contributed by atoms with Gasteiger partial charge in [-0.2, -0.15) is 5.26 Å². The summed E-state index contributed by atoms with van der Waals surface area (Å²) in [5, 5.41) is 11.8. The number of rotatable bonds is 4. The summed E-state index contributed by atoms with van der Waals surface area (Å²) in [6.07, 6.45) is 3.87. The van der Waals surface area contributed by atoms with E-state index in [1.165, 1.54) is 0 Å². The lowest BCUT2D eigenvalue weighted by Gasteiger charge is -2.36. The van der Waals surface area contributed by atoms with Gasteiger partial charge in [0.1, 0.15) is 12.1 Å². The van der Waals surface area contributed by atoms with Crippen molar-refractivity contribution in [3.63, 3.8) is 0 Å². The zero-order valence-corrected chi connectivity index (χ0v) is 15.7. The number of nitrogens with zero attached hydrogens (tertiary/aromatic N) is 3. The molecule has 2 fully saturated rings. The fourth-order valence-corrected chi connectivity index (χ4v) is 3.92. The summed E-state index contributed by atoms with van der Waals surface area (Å²) in [5.41, 5.74) is -0.348. The van der Waals surface area contributed by atoms with Crippen LogP contribution in [0.2, 0.25) is 0 Å². The Morgan fingerprint density at radius 3 is 2.85 bits per heavy atom. The fourth-order valence-electron chi connectivity index (χ4n) is 3.92. The first kappa shape index (κ1) is 18.9. The molecule has 2 aliphatic rings. The van der Waals surface area contributed by atoms with Crippen molar-refractivity contribution < 1.29 is 14.4 Å². The number of nitriles is 1. The second-order valence-corrected chi connectivity index (χ2v) is 7.28. The summed E-state index contributed by atoms with van der Waals surface area (Å²) in [6.45, 7) is 4.06. The van der Waals surface area contributed by atoms with E-state index in [0.29, 0.717) is 17.7 Å². The number of urea groups is 1. The minimum Gasteiger partial charge on any atom is -0.338 e. The van der Waals surface area contributed by atoms with Gasteiger partial charge in [0, 0.05) is 12.6 Å². The zero-order chi connectivity index (χ0) is 19.6. The van der Waals surface area contributed by atoms with Crippen molar-refractivity contribution >= 4 is 17.8 Å². The topological polar surface area (TPSA) is 93.5 Å². The smallest absolute Gasteiger partial charge is 0.325 e. The summed E-state index contributed by atoms with van der Waals surface area (Å²) in [6, 6.07) is 8.21. The summed E-state index contributed by atoms with van der Waals surface area (Å²) in [4.78, 5) is 41.0. The van der Waals surface area contributed by atoms with Gasteiger partial charge in [-0.1, -0.05) is 19.1 Å². The van der Waals surface area contributed by atoms with E-state index in [-0.39, 0.29) is 18.5 Å². The fraction of sp³-hybridized carbons (Fsp3) is 0.500. The Morgan fingerprint density at radius 2 is 2.15 bits per heavy atom. The average molecular weight is 368 g/mol. The van der Waals surface area contributed by atoms with Crippen LogP contribution in [-0.4, -0.2) is 46.8 Å². The van der Waals surface area contributed by atoms with Crippen LogP contribution in [0.4, 0.5) is 4.79 Å². The van der Waals surface area contributed by atoms with E-state index in [1.54, 1.807) is 36.1 Å². The monoisotopic (exact) mass is 368 g/mol. The number of hydrogen-bond donors (Lipinski definition) is 1. The zero-order valence-electron chi connectivity index (χ0n) is 15.7. The van der Waals surface area contributed by atoms with Gasteiger partial charge in [0.25, 0.3) is 5.91 Å². The molecule has 7 nitrogen and oxygen atoms in total. The Balaban J connectivity index is 1.79. The third kappa shape index (κ3) is 3.39. The van der Waals surface area contributed by atoms with Gasteiger partial charge in [-0.05, 0) is 50.3 Å². The second kappa shape index (κ2) is 7.39. The predicted octanol–water partition coefficient (Wildman–Crippen LogP) is 2.12. The van der Waals surface area contributed by atoms with Crippen LogP contribution in [0.3, 0.4) is 0 Å². The van der Waals surface area contributed by atoms with E-state index >= 15 is 0 Å². The minimum atomic E-state index is -1.28. The van der Waals surface area contributed by atoms with Gasteiger partial charge in [-0.25, -0.2) is 4.79 Å². The first-order valence-electron chi connectivity index (χ1n) is 9.35. The quantitative estimate of drug-likeness (QED) is 0.824. The van der Waals surface area contributed by atoms with E-state index in [1.807, 2.05) is 13.0 Å². The van der Waals surface area contributed by atoms with Crippen LogP contribution >= 0.6 is 0 Å². The average Bonchev–Trinajstić information content (AvgIpc) is 2.91. The number of amides is 4. The molecule has 142 valence electrons. The Labute approximate surface area is 158 Å². The lowest BCUT2D eigenvalue weighted by molar-refractivity contribution is -0.141. The lowest BCUT2D eigenvalue weighted by Crippen LogP contribution is -2.49. The van der Waals surface area contributed by atoms with Crippen LogP contribution in [0.5, 0.6) is 0 Å². The largest absolute Gasteiger partial charge is 0.338 e. The molecule has 4 amide bonds. The van der Waals surface area contributed by atoms with Crippen LogP contribution in [0.25, 0.3) is 0 Å². The summed E-state index contributed by atoms with van der Waals surface area (Å²) in [5.74, 6) is -0.666. The molecule has 3 rings (SSSR count). The molecule has 1 aromatic rings. The Bertz CT molecular complexity index is 816. The highest BCUT2D eigenvalue weighted by molar-refractivity contribution is 6.09. The summed E-state index contributed by atoms with van der Waals surface area (Å²) < 4.78 is 0. The maximum atomic E-state index is 13.0. The van der Waals surface area contributed by atoms with E-state index in [0.717, 1.165) is 30.6 Å². The number of likely N-dealkylation sites (tertiary alicyclic amines) is 1. The van der Waals surface area contributed by atoms with Gasteiger partial charge in [0.2, 0.25) is 5.91 Å². The highest BCUT2D eigenvalue weighted by atomic mass is 16.2. The number of carbonyl (C=O) groups excluding carboxylic acids is 3. The van der Waals surface area contributed by atoms with Crippen LogP contribution in [0.15, 0.2) is 24.3 Å². The number of carbonyl (C=O) groups is 3. The molecule has 0 saturated carbocycles. The molecular formula is C20H24N4O3. The molecule has 1 N–H and O–H groups in total. The molecule has 27 heavy (non-hydrogen) atoms. The number of piperidine rings is 1. The van der Waals surface area contributed by atoms with Crippen molar-refractivity contribution in [2.75, 3.05) is 13.1 Å². The van der Waals surface area contributed by atoms with E-state index < -0.39 is 17.5 Å². The van der Waals surface area contributed by atoms with Gasteiger partial charge >= 0.3 is 6.03 Å². The predicted molar refractivity (Wildman–Crippen MR) is 98.4 cm³/mol. The molecule has 1 aromatic carbocycles. The molecule has 0 spiro atoms. The molecule has 0 unspecified atom stereocenters. The first-order chi connectivity index (χ1) is 12.9. The third-order valence-corrected chi connectivity index (χ3v) is 5.56. The highest BCUT2D eigenvalue weighted by Crippen LogP contribution is 2.29. The van der Waals surface area contributed by atoms with Gasteiger partial charge in [-0.3, -0.25) is 14.5 Å². The van der Waals surface area contributed by atoms with Crippen molar-refractivity contribution in [3.05, 3.63) is 35.4 Å². The molecule has 2 saturated heterocycles. The van der Waals surface area contributed by atoms with Gasteiger partial charge < -0.3 is 10.2 Å². The summed E-state index contributed by atoms with van der Waals surface area (Å²) in [7, 11) is 0. The Hall–Kier alpha value is -2.88. The maximum absolute atomic E-state index is 13.0. The standard InChI is InChI=1S/C20H24N4O3/c1-3-16-9-4-5-10-23(16)17(25)13-24-18(26)20(2,22-19(24)27)15-8-6-7-14(11-15)12-21/h6-8,11,16H,3-5,9-10,13H2,1-2H3,(H,22,27)/t16-,20-/m1/s1. The van der Waals surface area contributed by atoms with Crippen molar-refractivity contribution in [1.29, 1.82) is 5.26 Å². The number of nitrogens with one attached hydrogen (secondary N) is 1. The minimum absolute atomic E-state index is 0.172. The van der Waals surface area contributed by atoms with Crippen molar-refractivity contribution in [2.45, 2.75) is 51.1 Å². The van der Waals surface area contributed by atoms with Crippen LogP contribution < -0.4 is 5.32 Å². The van der Waals surface area contributed by atoms with Gasteiger partial charge in [-0.15, -0.1) is 0 Å².